The van der Waals surface area contributed by atoms with Crippen molar-refractivity contribution in [3.05, 3.63) is 77.9 Å². The lowest BCUT2D eigenvalue weighted by Crippen LogP contribution is -2.45. The van der Waals surface area contributed by atoms with E-state index in [2.05, 4.69) is 28.0 Å². The Bertz CT molecular complexity index is 1230. The van der Waals surface area contributed by atoms with Crippen LogP contribution in [0.25, 0.3) is 0 Å². The first kappa shape index (κ1) is 25.1. The fourth-order valence-corrected chi connectivity index (χ4v) is 5.84. The van der Waals surface area contributed by atoms with Crippen LogP contribution in [0.15, 0.2) is 60.9 Å². The van der Waals surface area contributed by atoms with Gasteiger partial charge in [-0.2, -0.15) is 5.10 Å². The third-order valence-corrected chi connectivity index (χ3v) is 7.64. The topological polar surface area (TPSA) is 74.6 Å². The summed E-state index contributed by atoms with van der Waals surface area (Å²) in [6.45, 7) is 6.87. The van der Waals surface area contributed by atoms with Crippen molar-refractivity contribution in [3.8, 4) is 0 Å². The molecule has 2 aliphatic heterocycles. The summed E-state index contributed by atoms with van der Waals surface area (Å²) in [4.78, 5) is 37.8. The van der Waals surface area contributed by atoms with Crippen molar-refractivity contribution < 1.29 is 9.59 Å². The van der Waals surface area contributed by atoms with Crippen molar-refractivity contribution in [1.29, 1.82) is 0 Å². The van der Waals surface area contributed by atoms with Crippen molar-refractivity contribution in [2.24, 2.45) is 0 Å². The predicted octanol–water partition coefficient (Wildman–Crippen LogP) is 4.12. The van der Waals surface area contributed by atoms with E-state index in [-0.39, 0.29) is 17.9 Å². The highest BCUT2D eigenvalue weighted by Crippen LogP contribution is 2.32. The normalized spacial score (nSPS) is 20.4. The largest absolute Gasteiger partial charge is 0.331 e. The Morgan fingerprint density at radius 2 is 1.78 bits per heavy atom. The van der Waals surface area contributed by atoms with Crippen LogP contribution in [0.4, 0.5) is 5.69 Å². The standard InChI is InChI=1S/C29H36N6O2/c1-3-17-35-28(13-16-31-35)29(37)32-19-23-8-4-5-10-27(23)33(22(2)36)18-14-25-11-12-26(21-32)34(25)20-24-9-6-7-15-30-24/h4-10,13,15-16,25-26H,3,11-12,14,17-21H2,1-2H3/t25-,26+/m0/s1. The zero-order valence-electron chi connectivity index (χ0n) is 21.8. The number of carbonyl (C=O) groups excluding carboxylic acids is 2. The fourth-order valence-electron chi connectivity index (χ4n) is 5.84. The number of hydrogen-bond donors (Lipinski definition) is 0. The highest BCUT2D eigenvalue weighted by atomic mass is 16.2. The van der Waals surface area contributed by atoms with E-state index >= 15 is 0 Å². The molecular weight excluding hydrogens is 464 g/mol. The van der Waals surface area contributed by atoms with Gasteiger partial charge in [-0.15, -0.1) is 0 Å². The number of rotatable bonds is 5. The SMILES string of the molecule is CCCn1nccc1C(=O)N1Cc2ccccc2N(C(C)=O)CC[C@@H]2CC[C@H](C1)N2Cc1ccccn1. The Hall–Kier alpha value is -3.52. The number of pyridine rings is 1. The number of nitrogens with zero attached hydrogens (tertiary/aromatic N) is 6. The second kappa shape index (κ2) is 11.3. The molecule has 3 aromatic rings. The lowest BCUT2D eigenvalue weighted by atomic mass is 10.1. The predicted molar refractivity (Wildman–Crippen MR) is 143 cm³/mol. The maximum Gasteiger partial charge on any atom is 0.272 e. The number of aryl methyl sites for hydroxylation is 1. The van der Waals surface area contributed by atoms with Crippen LogP contribution < -0.4 is 4.90 Å². The molecule has 4 heterocycles. The van der Waals surface area contributed by atoms with Gasteiger partial charge in [0.1, 0.15) is 5.69 Å². The van der Waals surface area contributed by atoms with Gasteiger partial charge in [-0.05, 0) is 55.5 Å². The van der Waals surface area contributed by atoms with E-state index in [1.165, 1.54) is 0 Å². The monoisotopic (exact) mass is 500 g/mol. The van der Waals surface area contributed by atoms with Gasteiger partial charge >= 0.3 is 0 Å². The first-order chi connectivity index (χ1) is 18.0. The van der Waals surface area contributed by atoms with E-state index in [4.69, 9.17) is 0 Å². The maximum absolute atomic E-state index is 14.0. The molecule has 8 heteroatoms. The van der Waals surface area contributed by atoms with Gasteiger partial charge in [0, 0.05) is 69.8 Å². The molecule has 2 aliphatic rings. The Labute approximate surface area is 218 Å². The smallest absolute Gasteiger partial charge is 0.272 e. The van der Waals surface area contributed by atoms with Crippen molar-refractivity contribution in [3.63, 3.8) is 0 Å². The van der Waals surface area contributed by atoms with Gasteiger partial charge in [0.15, 0.2) is 0 Å². The molecule has 8 nitrogen and oxygen atoms in total. The van der Waals surface area contributed by atoms with E-state index in [1.807, 2.05) is 63.1 Å². The van der Waals surface area contributed by atoms with Crippen LogP contribution in [0, 0.1) is 0 Å². The summed E-state index contributed by atoms with van der Waals surface area (Å²) in [7, 11) is 0. The van der Waals surface area contributed by atoms with Crippen LogP contribution in [-0.2, 0) is 24.4 Å². The minimum Gasteiger partial charge on any atom is -0.331 e. The molecule has 0 saturated carbocycles. The van der Waals surface area contributed by atoms with Crippen LogP contribution >= 0.6 is 0 Å². The quantitative estimate of drug-likeness (QED) is 0.527. The van der Waals surface area contributed by atoms with E-state index in [9.17, 15) is 9.59 Å². The Balaban J connectivity index is 1.54. The van der Waals surface area contributed by atoms with E-state index in [0.29, 0.717) is 37.9 Å². The molecule has 1 saturated heterocycles. The molecule has 2 bridgehead atoms. The van der Waals surface area contributed by atoms with Crippen molar-refractivity contribution in [1.82, 2.24) is 24.6 Å². The summed E-state index contributed by atoms with van der Waals surface area (Å²) in [6, 6.07) is 16.4. The lowest BCUT2D eigenvalue weighted by molar-refractivity contribution is -0.116. The molecule has 0 radical (unpaired) electrons. The summed E-state index contributed by atoms with van der Waals surface area (Å²) in [6.07, 6.45) is 7.38. The molecule has 37 heavy (non-hydrogen) atoms. The number of aromatic nitrogens is 3. The molecule has 0 unspecified atom stereocenters. The van der Waals surface area contributed by atoms with Crippen molar-refractivity contribution in [2.45, 2.75) is 71.2 Å². The zero-order chi connectivity index (χ0) is 25.8. The maximum atomic E-state index is 14.0. The molecule has 1 aromatic carbocycles. The third kappa shape index (κ3) is 5.44. The average Bonchev–Trinajstić information content (AvgIpc) is 3.51. The average molecular weight is 501 g/mol. The number of carbonyl (C=O) groups is 2. The van der Waals surface area contributed by atoms with Crippen LogP contribution in [-0.4, -0.2) is 61.6 Å². The summed E-state index contributed by atoms with van der Waals surface area (Å²) in [5, 5.41) is 4.41. The second-order valence-electron chi connectivity index (χ2n) is 10.1. The molecule has 2 atom stereocenters. The molecule has 2 amide bonds. The summed E-state index contributed by atoms with van der Waals surface area (Å²) >= 11 is 0. The molecule has 0 spiro atoms. The number of anilines is 1. The molecule has 194 valence electrons. The Morgan fingerprint density at radius 3 is 2.57 bits per heavy atom. The van der Waals surface area contributed by atoms with E-state index in [0.717, 1.165) is 49.2 Å². The van der Waals surface area contributed by atoms with Crippen LogP contribution in [0.2, 0.25) is 0 Å². The van der Waals surface area contributed by atoms with Crippen LogP contribution in [0.1, 0.15) is 61.3 Å². The minimum atomic E-state index is -0.0180. The summed E-state index contributed by atoms with van der Waals surface area (Å²) in [5.41, 5.74) is 3.52. The van der Waals surface area contributed by atoms with Crippen molar-refractivity contribution in [2.75, 3.05) is 18.0 Å². The Morgan fingerprint density at radius 1 is 0.973 bits per heavy atom. The van der Waals surface area contributed by atoms with E-state index < -0.39 is 0 Å². The highest BCUT2D eigenvalue weighted by molar-refractivity contribution is 5.94. The second-order valence-corrected chi connectivity index (χ2v) is 10.1. The Kier molecular flexibility index (Phi) is 7.65. The van der Waals surface area contributed by atoms with Crippen LogP contribution in [0.5, 0.6) is 0 Å². The number of benzene rings is 1. The number of fused-ring (bicyclic) bond motifs is 3. The first-order valence-electron chi connectivity index (χ1n) is 13.4. The van der Waals surface area contributed by atoms with Crippen LogP contribution in [0.3, 0.4) is 0 Å². The molecule has 0 aliphatic carbocycles. The molecule has 5 rings (SSSR count). The van der Waals surface area contributed by atoms with Gasteiger partial charge in [-0.3, -0.25) is 24.2 Å². The van der Waals surface area contributed by atoms with Crippen molar-refractivity contribution >= 4 is 17.5 Å². The van der Waals surface area contributed by atoms with Gasteiger partial charge in [-0.1, -0.05) is 31.2 Å². The van der Waals surface area contributed by atoms with Gasteiger partial charge in [-0.25, -0.2) is 0 Å². The van der Waals surface area contributed by atoms with Gasteiger partial charge in [0.2, 0.25) is 5.91 Å². The molecule has 2 aromatic heterocycles. The van der Waals surface area contributed by atoms with Gasteiger partial charge in [0.25, 0.3) is 5.91 Å². The molecule has 0 N–H and O–H groups in total. The zero-order valence-corrected chi connectivity index (χ0v) is 21.8. The number of para-hydroxylation sites is 1. The van der Waals surface area contributed by atoms with Gasteiger partial charge in [0.05, 0.1) is 5.69 Å². The highest BCUT2D eigenvalue weighted by Gasteiger charge is 2.37. The third-order valence-electron chi connectivity index (χ3n) is 7.64. The minimum absolute atomic E-state index is 0.0180. The molecular formula is C29H36N6O2. The lowest BCUT2D eigenvalue weighted by Gasteiger charge is -2.33. The van der Waals surface area contributed by atoms with Gasteiger partial charge < -0.3 is 9.80 Å². The fraction of sp³-hybridized carbons (Fsp3) is 0.448. The number of amides is 2. The number of hydrogen-bond acceptors (Lipinski definition) is 5. The summed E-state index contributed by atoms with van der Waals surface area (Å²) in [5.74, 6) is 0.00651. The summed E-state index contributed by atoms with van der Waals surface area (Å²) < 4.78 is 1.81. The van der Waals surface area contributed by atoms with E-state index in [1.54, 1.807) is 13.1 Å². The first-order valence-corrected chi connectivity index (χ1v) is 13.4. The molecule has 1 fully saturated rings.